The molecule has 1 aromatic carbocycles. The van der Waals surface area contributed by atoms with Crippen molar-refractivity contribution in [2.24, 2.45) is 0 Å². The van der Waals surface area contributed by atoms with Crippen LogP contribution in [0.4, 0.5) is 0 Å². The number of nitrogens with one attached hydrogen (secondary N) is 1. The molecular formula is C14H15N3O3. The molecule has 0 fully saturated rings. The Morgan fingerprint density at radius 3 is 2.60 bits per heavy atom. The molecule has 2 rings (SSSR count). The number of fused-ring (bicyclic) bond motifs is 1. The van der Waals surface area contributed by atoms with Crippen LogP contribution in [0.2, 0.25) is 0 Å². The molecule has 1 heterocycles. The van der Waals surface area contributed by atoms with Gasteiger partial charge in [0.15, 0.2) is 0 Å². The predicted molar refractivity (Wildman–Crippen MR) is 73.3 cm³/mol. The van der Waals surface area contributed by atoms with Crippen LogP contribution >= 0.6 is 0 Å². The largest absolute Gasteiger partial charge is 0.480 e. The first-order valence-electron chi connectivity index (χ1n) is 6.36. The molecular weight excluding hydrogens is 258 g/mol. The number of carboxylic acid groups (broad SMARTS) is 1. The maximum absolute atomic E-state index is 12.1. The van der Waals surface area contributed by atoms with Crippen LogP contribution in [0.1, 0.15) is 30.1 Å². The fourth-order valence-electron chi connectivity index (χ4n) is 1.89. The van der Waals surface area contributed by atoms with Crippen molar-refractivity contribution in [3.05, 3.63) is 36.2 Å². The molecule has 1 aromatic heterocycles. The Kier molecular flexibility index (Phi) is 4.24. The molecule has 1 unspecified atom stereocenters. The number of carbonyl (C=O) groups is 2. The summed E-state index contributed by atoms with van der Waals surface area (Å²) < 4.78 is 0. The SMILES string of the molecule is CCCC(NC(=O)c1ccc2nccnc2c1)C(=O)O. The Balaban J connectivity index is 2.20. The highest BCUT2D eigenvalue weighted by Crippen LogP contribution is 2.11. The molecule has 1 atom stereocenters. The highest BCUT2D eigenvalue weighted by molar-refractivity contribution is 5.99. The Morgan fingerprint density at radius 1 is 1.25 bits per heavy atom. The normalized spacial score (nSPS) is 12.1. The molecule has 0 radical (unpaired) electrons. The van der Waals surface area contributed by atoms with Crippen LogP contribution < -0.4 is 5.32 Å². The van der Waals surface area contributed by atoms with Crippen LogP contribution in [-0.4, -0.2) is 33.0 Å². The zero-order valence-corrected chi connectivity index (χ0v) is 11.0. The van der Waals surface area contributed by atoms with Crippen LogP contribution in [0.3, 0.4) is 0 Å². The average molecular weight is 273 g/mol. The lowest BCUT2D eigenvalue weighted by Gasteiger charge is -2.13. The van der Waals surface area contributed by atoms with E-state index < -0.39 is 17.9 Å². The third-order valence-corrected chi connectivity index (χ3v) is 2.91. The second-order valence-corrected chi connectivity index (χ2v) is 4.41. The number of nitrogens with zero attached hydrogens (tertiary/aromatic N) is 2. The Morgan fingerprint density at radius 2 is 1.95 bits per heavy atom. The molecule has 0 spiro atoms. The van der Waals surface area contributed by atoms with Gasteiger partial charge in [-0.2, -0.15) is 0 Å². The second-order valence-electron chi connectivity index (χ2n) is 4.41. The van der Waals surface area contributed by atoms with Crippen LogP contribution in [0.15, 0.2) is 30.6 Å². The van der Waals surface area contributed by atoms with E-state index in [1.807, 2.05) is 6.92 Å². The van der Waals surface area contributed by atoms with E-state index in [9.17, 15) is 9.59 Å². The van der Waals surface area contributed by atoms with Gasteiger partial charge in [-0.25, -0.2) is 4.79 Å². The van der Waals surface area contributed by atoms with E-state index in [4.69, 9.17) is 5.11 Å². The molecule has 6 heteroatoms. The number of amides is 1. The van der Waals surface area contributed by atoms with Crippen LogP contribution in [-0.2, 0) is 4.79 Å². The van der Waals surface area contributed by atoms with Crippen molar-refractivity contribution in [2.75, 3.05) is 0 Å². The standard InChI is InChI=1S/C14H15N3O3/c1-2-3-11(14(19)20)17-13(18)9-4-5-10-12(8-9)16-7-6-15-10/h4-8,11H,2-3H2,1H3,(H,17,18)(H,19,20). The molecule has 0 aliphatic carbocycles. The van der Waals surface area contributed by atoms with Gasteiger partial charge in [-0.05, 0) is 24.6 Å². The molecule has 0 saturated heterocycles. The van der Waals surface area contributed by atoms with Crippen molar-refractivity contribution in [1.29, 1.82) is 0 Å². The summed E-state index contributed by atoms with van der Waals surface area (Å²) in [4.78, 5) is 31.3. The first-order chi connectivity index (χ1) is 9.61. The minimum atomic E-state index is -1.03. The highest BCUT2D eigenvalue weighted by Gasteiger charge is 2.19. The first kappa shape index (κ1) is 13.9. The van der Waals surface area contributed by atoms with Crippen LogP contribution in [0, 0.1) is 0 Å². The number of benzene rings is 1. The van der Waals surface area contributed by atoms with Gasteiger partial charge in [-0.3, -0.25) is 14.8 Å². The summed E-state index contributed by atoms with van der Waals surface area (Å²) in [6, 6.07) is 4.03. The molecule has 6 nitrogen and oxygen atoms in total. The maximum Gasteiger partial charge on any atom is 0.326 e. The van der Waals surface area contributed by atoms with Gasteiger partial charge in [0.2, 0.25) is 0 Å². The van der Waals surface area contributed by atoms with Gasteiger partial charge in [-0.1, -0.05) is 13.3 Å². The Hall–Kier alpha value is -2.50. The maximum atomic E-state index is 12.1. The van der Waals surface area contributed by atoms with Gasteiger partial charge in [0.1, 0.15) is 6.04 Å². The lowest BCUT2D eigenvalue weighted by atomic mass is 10.1. The van der Waals surface area contributed by atoms with Gasteiger partial charge < -0.3 is 10.4 Å². The molecule has 0 bridgehead atoms. The molecule has 2 aromatic rings. The predicted octanol–water partition coefficient (Wildman–Crippen LogP) is 1.61. The number of aromatic nitrogens is 2. The molecule has 2 N–H and O–H groups in total. The van der Waals surface area contributed by atoms with Gasteiger partial charge >= 0.3 is 5.97 Å². The summed E-state index contributed by atoms with van der Waals surface area (Å²) in [6.45, 7) is 1.87. The number of hydrogen-bond acceptors (Lipinski definition) is 4. The average Bonchev–Trinajstić information content (AvgIpc) is 2.46. The number of carbonyl (C=O) groups excluding carboxylic acids is 1. The number of hydrogen-bond donors (Lipinski definition) is 2. The van der Waals surface area contributed by atoms with Crippen molar-refractivity contribution >= 4 is 22.9 Å². The molecule has 0 aliphatic heterocycles. The third-order valence-electron chi connectivity index (χ3n) is 2.91. The van der Waals surface area contributed by atoms with Crippen molar-refractivity contribution in [3.63, 3.8) is 0 Å². The Bertz CT molecular complexity index is 642. The minimum Gasteiger partial charge on any atom is -0.480 e. The fourth-order valence-corrected chi connectivity index (χ4v) is 1.89. The quantitative estimate of drug-likeness (QED) is 0.863. The minimum absolute atomic E-state index is 0.375. The van der Waals surface area contributed by atoms with E-state index in [0.29, 0.717) is 29.4 Å². The molecule has 0 saturated carbocycles. The molecule has 0 aliphatic rings. The van der Waals surface area contributed by atoms with Gasteiger partial charge in [0, 0.05) is 18.0 Å². The number of rotatable bonds is 5. The number of aliphatic carboxylic acids is 1. The summed E-state index contributed by atoms with van der Waals surface area (Å²) in [6.07, 6.45) is 4.19. The van der Waals surface area contributed by atoms with Crippen molar-refractivity contribution < 1.29 is 14.7 Å². The zero-order valence-electron chi connectivity index (χ0n) is 11.0. The topological polar surface area (TPSA) is 92.2 Å². The van der Waals surface area contributed by atoms with Crippen molar-refractivity contribution in [2.45, 2.75) is 25.8 Å². The van der Waals surface area contributed by atoms with Gasteiger partial charge in [-0.15, -0.1) is 0 Å². The highest BCUT2D eigenvalue weighted by atomic mass is 16.4. The molecule has 1 amide bonds. The van der Waals surface area contributed by atoms with Gasteiger partial charge in [0.25, 0.3) is 5.91 Å². The van der Waals surface area contributed by atoms with Crippen LogP contribution in [0.5, 0.6) is 0 Å². The van der Waals surface area contributed by atoms with Crippen molar-refractivity contribution in [1.82, 2.24) is 15.3 Å². The third kappa shape index (κ3) is 3.09. The lowest BCUT2D eigenvalue weighted by Crippen LogP contribution is -2.40. The molecule has 20 heavy (non-hydrogen) atoms. The van der Waals surface area contributed by atoms with Crippen LogP contribution in [0.25, 0.3) is 11.0 Å². The van der Waals surface area contributed by atoms with E-state index in [-0.39, 0.29) is 0 Å². The zero-order chi connectivity index (χ0) is 14.5. The van der Waals surface area contributed by atoms with E-state index in [1.165, 1.54) is 0 Å². The first-order valence-corrected chi connectivity index (χ1v) is 6.36. The van der Waals surface area contributed by atoms with Crippen molar-refractivity contribution in [3.8, 4) is 0 Å². The summed E-state index contributed by atoms with van der Waals surface area (Å²) in [5.41, 5.74) is 1.66. The van der Waals surface area contributed by atoms with Gasteiger partial charge in [0.05, 0.1) is 11.0 Å². The van der Waals surface area contributed by atoms with E-state index in [1.54, 1.807) is 30.6 Å². The monoisotopic (exact) mass is 273 g/mol. The summed E-state index contributed by atoms with van der Waals surface area (Å²) in [5.74, 6) is -1.45. The summed E-state index contributed by atoms with van der Waals surface area (Å²) in [5, 5.41) is 11.5. The fraction of sp³-hybridized carbons (Fsp3) is 0.286. The smallest absolute Gasteiger partial charge is 0.326 e. The summed E-state index contributed by atoms with van der Waals surface area (Å²) >= 11 is 0. The second kappa shape index (κ2) is 6.10. The Labute approximate surface area is 115 Å². The lowest BCUT2D eigenvalue weighted by molar-refractivity contribution is -0.139. The van der Waals surface area contributed by atoms with E-state index >= 15 is 0 Å². The number of carboxylic acids is 1. The molecule has 104 valence electrons. The van der Waals surface area contributed by atoms with E-state index in [2.05, 4.69) is 15.3 Å². The van der Waals surface area contributed by atoms with E-state index in [0.717, 1.165) is 0 Å². The summed E-state index contributed by atoms with van der Waals surface area (Å²) in [7, 11) is 0.